The topological polar surface area (TPSA) is 20.7 Å². The summed E-state index contributed by atoms with van der Waals surface area (Å²) < 4.78 is 18.2. The Morgan fingerprint density at radius 2 is 1.70 bits per heavy atom. The number of rotatable bonds is 1. The first-order chi connectivity index (χ1) is 9.49. The molecule has 2 nitrogen and oxygen atoms in total. The smallest absolute Gasteiger partial charge is 0.182 e. The van der Waals surface area contributed by atoms with E-state index in [2.05, 4.69) is 52.8 Å². The molecule has 1 N–H and O–H groups in total. The number of aromatic nitrogens is 2. The minimum atomic E-state index is -0.327. The molecule has 0 unspecified atom stereocenters. The zero-order chi connectivity index (χ0) is 14.4. The van der Waals surface area contributed by atoms with E-state index in [1.165, 1.54) is 6.07 Å². The number of para-hydroxylation sites is 1. The third kappa shape index (κ3) is 2.30. The molecule has 1 heterocycles. The molecular formula is C13H6Br3FN2S. The first-order valence-electron chi connectivity index (χ1n) is 5.53. The SMILES string of the molecule is Fc1cc2[nH]c(=S)n(-c3c(Br)cccc3Br)c2cc1Br. The Morgan fingerprint density at radius 3 is 2.35 bits per heavy atom. The van der Waals surface area contributed by atoms with Gasteiger partial charge in [-0.25, -0.2) is 4.39 Å². The maximum absolute atomic E-state index is 13.6. The van der Waals surface area contributed by atoms with Crippen molar-refractivity contribution in [2.24, 2.45) is 0 Å². The number of hydrogen-bond donors (Lipinski definition) is 1. The fourth-order valence-corrected chi connectivity index (χ4v) is 4.01. The van der Waals surface area contributed by atoms with Crippen molar-refractivity contribution in [3.8, 4) is 5.69 Å². The van der Waals surface area contributed by atoms with E-state index in [-0.39, 0.29) is 5.82 Å². The molecule has 0 aliphatic rings. The van der Waals surface area contributed by atoms with Crippen molar-refractivity contribution in [2.45, 2.75) is 0 Å². The van der Waals surface area contributed by atoms with Gasteiger partial charge in [-0.3, -0.25) is 4.57 Å². The number of imidazole rings is 1. The Morgan fingerprint density at radius 1 is 1.05 bits per heavy atom. The van der Waals surface area contributed by atoms with Crippen LogP contribution in [0.2, 0.25) is 0 Å². The molecule has 0 bridgehead atoms. The van der Waals surface area contributed by atoms with Crippen LogP contribution in [0.15, 0.2) is 43.7 Å². The standard InChI is InChI=1S/C13H6Br3FN2S/c14-6-2-1-3-7(15)12(6)19-11-4-8(16)9(17)5-10(11)18-13(19)20/h1-5H,(H,18,20). The highest BCUT2D eigenvalue weighted by molar-refractivity contribution is 9.11. The summed E-state index contributed by atoms with van der Waals surface area (Å²) in [5.41, 5.74) is 2.33. The Hall–Kier alpha value is -0.500. The second kappa shape index (κ2) is 5.36. The average molecular weight is 481 g/mol. The average Bonchev–Trinajstić information content (AvgIpc) is 2.67. The predicted octanol–water partition coefficient (Wildman–Crippen LogP) is 6.11. The molecule has 0 spiro atoms. The van der Waals surface area contributed by atoms with Crippen molar-refractivity contribution in [3.63, 3.8) is 0 Å². The molecule has 3 aromatic rings. The van der Waals surface area contributed by atoms with Gasteiger partial charge in [-0.15, -0.1) is 0 Å². The Kier molecular flexibility index (Phi) is 3.87. The van der Waals surface area contributed by atoms with Gasteiger partial charge in [0.15, 0.2) is 4.77 Å². The van der Waals surface area contributed by atoms with E-state index in [1.807, 2.05) is 22.8 Å². The molecule has 20 heavy (non-hydrogen) atoms. The minimum absolute atomic E-state index is 0.327. The summed E-state index contributed by atoms with van der Waals surface area (Å²) in [6.07, 6.45) is 0. The molecule has 0 aliphatic heterocycles. The van der Waals surface area contributed by atoms with Crippen LogP contribution in [0.3, 0.4) is 0 Å². The van der Waals surface area contributed by atoms with Gasteiger partial charge in [0, 0.05) is 15.0 Å². The molecule has 0 fully saturated rings. The zero-order valence-electron chi connectivity index (χ0n) is 9.75. The van der Waals surface area contributed by atoms with Crippen molar-refractivity contribution >= 4 is 71.0 Å². The quantitative estimate of drug-likeness (QED) is 0.416. The normalized spacial score (nSPS) is 11.2. The van der Waals surface area contributed by atoms with Gasteiger partial charge in [0.2, 0.25) is 0 Å². The van der Waals surface area contributed by atoms with Crippen LogP contribution in [0, 0.1) is 10.6 Å². The van der Waals surface area contributed by atoms with E-state index >= 15 is 0 Å². The van der Waals surface area contributed by atoms with Crippen molar-refractivity contribution in [1.29, 1.82) is 0 Å². The number of aromatic amines is 1. The third-order valence-corrected chi connectivity index (χ3v) is 5.06. The molecule has 0 radical (unpaired) electrons. The first-order valence-corrected chi connectivity index (χ1v) is 8.32. The number of fused-ring (bicyclic) bond motifs is 1. The summed E-state index contributed by atoms with van der Waals surface area (Å²) in [6.45, 7) is 0. The lowest BCUT2D eigenvalue weighted by atomic mass is 10.2. The fraction of sp³-hybridized carbons (Fsp3) is 0. The van der Waals surface area contributed by atoms with Gasteiger partial charge in [0.25, 0.3) is 0 Å². The monoisotopic (exact) mass is 478 g/mol. The second-order valence-electron chi connectivity index (χ2n) is 4.12. The van der Waals surface area contributed by atoms with Gasteiger partial charge in [-0.2, -0.15) is 0 Å². The number of nitrogens with one attached hydrogen (secondary N) is 1. The van der Waals surface area contributed by atoms with Crippen molar-refractivity contribution in [2.75, 3.05) is 0 Å². The molecule has 7 heteroatoms. The van der Waals surface area contributed by atoms with Gasteiger partial charge in [-0.1, -0.05) is 6.07 Å². The van der Waals surface area contributed by atoms with Crippen LogP contribution >= 0.6 is 60.0 Å². The van der Waals surface area contributed by atoms with E-state index in [0.717, 1.165) is 20.1 Å². The van der Waals surface area contributed by atoms with Gasteiger partial charge < -0.3 is 4.98 Å². The molecule has 0 saturated heterocycles. The number of hydrogen-bond acceptors (Lipinski definition) is 1. The summed E-state index contributed by atoms with van der Waals surface area (Å²) in [5, 5.41) is 0. The highest BCUT2D eigenvalue weighted by atomic mass is 79.9. The summed E-state index contributed by atoms with van der Waals surface area (Å²) in [7, 11) is 0. The van der Waals surface area contributed by atoms with Crippen molar-refractivity contribution in [3.05, 3.63) is 54.3 Å². The van der Waals surface area contributed by atoms with Crippen LogP contribution in [0.1, 0.15) is 0 Å². The van der Waals surface area contributed by atoms with Crippen LogP contribution < -0.4 is 0 Å². The largest absolute Gasteiger partial charge is 0.330 e. The molecule has 2 aromatic carbocycles. The number of halogens is 4. The third-order valence-electron chi connectivity index (χ3n) is 2.89. The van der Waals surface area contributed by atoms with E-state index < -0.39 is 0 Å². The van der Waals surface area contributed by atoms with Gasteiger partial charge in [0.1, 0.15) is 5.82 Å². The Bertz CT molecular complexity index is 865. The first kappa shape index (κ1) is 14.4. The Labute approximate surface area is 144 Å². The second-order valence-corrected chi connectivity index (χ2v) is 7.07. The fourth-order valence-electron chi connectivity index (χ4n) is 2.03. The number of H-pyrrole nitrogens is 1. The molecular weight excluding hydrogens is 475 g/mol. The highest BCUT2D eigenvalue weighted by Gasteiger charge is 2.14. The summed E-state index contributed by atoms with van der Waals surface area (Å²) in [5.74, 6) is -0.327. The summed E-state index contributed by atoms with van der Waals surface area (Å²) in [6, 6.07) is 8.92. The number of nitrogens with zero attached hydrogens (tertiary/aromatic N) is 1. The maximum atomic E-state index is 13.6. The molecule has 0 saturated carbocycles. The van der Waals surface area contributed by atoms with Gasteiger partial charge in [0.05, 0.1) is 21.2 Å². The van der Waals surface area contributed by atoms with E-state index in [4.69, 9.17) is 12.2 Å². The van der Waals surface area contributed by atoms with E-state index in [1.54, 1.807) is 6.07 Å². The molecule has 1 aromatic heterocycles. The van der Waals surface area contributed by atoms with Crippen LogP contribution in [-0.4, -0.2) is 9.55 Å². The minimum Gasteiger partial charge on any atom is -0.330 e. The van der Waals surface area contributed by atoms with E-state index in [9.17, 15) is 4.39 Å². The van der Waals surface area contributed by atoms with Crippen molar-refractivity contribution < 1.29 is 4.39 Å². The summed E-state index contributed by atoms with van der Waals surface area (Å²) in [4.78, 5) is 3.02. The molecule has 3 rings (SSSR count). The molecule has 0 aliphatic carbocycles. The van der Waals surface area contributed by atoms with Crippen LogP contribution in [0.25, 0.3) is 16.7 Å². The molecule has 102 valence electrons. The van der Waals surface area contributed by atoms with Crippen LogP contribution in [0.5, 0.6) is 0 Å². The molecule has 0 amide bonds. The zero-order valence-corrected chi connectivity index (χ0v) is 15.3. The lowest BCUT2D eigenvalue weighted by Crippen LogP contribution is -1.97. The number of benzene rings is 2. The Balaban J connectivity index is 2.46. The van der Waals surface area contributed by atoms with Gasteiger partial charge >= 0.3 is 0 Å². The lowest BCUT2D eigenvalue weighted by molar-refractivity contribution is 0.623. The predicted molar refractivity (Wildman–Crippen MR) is 91.5 cm³/mol. The maximum Gasteiger partial charge on any atom is 0.182 e. The van der Waals surface area contributed by atoms with Crippen LogP contribution in [-0.2, 0) is 0 Å². The van der Waals surface area contributed by atoms with Crippen LogP contribution in [0.4, 0.5) is 4.39 Å². The van der Waals surface area contributed by atoms with Crippen molar-refractivity contribution in [1.82, 2.24) is 9.55 Å². The highest BCUT2D eigenvalue weighted by Crippen LogP contribution is 2.33. The molecule has 0 atom stereocenters. The van der Waals surface area contributed by atoms with E-state index in [0.29, 0.717) is 14.8 Å². The lowest BCUT2D eigenvalue weighted by Gasteiger charge is -2.10. The van der Waals surface area contributed by atoms with Gasteiger partial charge in [-0.05, 0) is 78.2 Å². The summed E-state index contributed by atoms with van der Waals surface area (Å²) >= 11 is 15.6.